The molecule has 0 N–H and O–H groups in total. The Hall–Kier alpha value is -3.35. The van der Waals surface area contributed by atoms with Crippen molar-refractivity contribution in [2.24, 2.45) is 0 Å². The number of fused-ring (bicyclic) bond motifs is 1. The Morgan fingerprint density at radius 2 is 1.74 bits per heavy atom. The predicted molar refractivity (Wildman–Crippen MR) is 122 cm³/mol. The number of anilines is 1. The molecular weight excluding hydrogens is 392 g/mol. The van der Waals surface area contributed by atoms with Crippen LogP contribution in [-0.4, -0.2) is 53.6 Å². The monoisotopic (exact) mass is 420 g/mol. The van der Waals surface area contributed by atoms with E-state index in [9.17, 15) is 9.59 Å². The van der Waals surface area contributed by atoms with Gasteiger partial charge in [0.25, 0.3) is 5.56 Å². The van der Waals surface area contributed by atoms with Gasteiger partial charge < -0.3 is 19.1 Å². The molecule has 1 fully saturated rings. The van der Waals surface area contributed by atoms with Crippen LogP contribution in [0.3, 0.4) is 0 Å². The van der Waals surface area contributed by atoms with Crippen molar-refractivity contribution in [2.45, 2.75) is 26.3 Å². The van der Waals surface area contributed by atoms with Crippen LogP contribution in [0.5, 0.6) is 5.75 Å². The highest BCUT2D eigenvalue weighted by Crippen LogP contribution is 2.20. The van der Waals surface area contributed by atoms with Crippen molar-refractivity contribution in [3.8, 4) is 5.75 Å². The number of aryl methyl sites for hydroxylation is 2. The first-order chi connectivity index (χ1) is 15.1. The van der Waals surface area contributed by atoms with Gasteiger partial charge >= 0.3 is 0 Å². The number of methoxy groups -OCH3 is 1. The number of benzene rings is 2. The molecule has 3 aromatic rings. The van der Waals surface area contributed by atoms with Gasteiger partial charge in [-0.2, -0.15) is 0 Å². The van der Waals surface area contributed by atoms with Gasteiger partial charge in [0.1, 0.15) is 5.75 Å². The summed E-state index contributed by atoms with van der Waals surface area (Å²) < 4.78 is 7.14. The Balaban J connectivity index is 1.42. The molecule has 0 saturated carbocycles. The molecule has 0 unspecified atom stereocenters. The van der Waals surface area contributed by atoms with Crippen molar-refractivity contribution in [1.82, 2.24) is 14.5 Å². The van der Waals surface area contributed by atoms with Crippen molar-refractivity contribution < 1.29 is 9.53 Å². The third kappa shape index (κ3) is 4.26. The standard InChI is InChI=1S/C24H28N4O3/c1-3-28-20-10-6-5-9-19(20)25-23(24(28)30)27-16-14-26(15-17-27)22(29)13-12-18-8-4-7-11-21(18)31-2/h4-11H,3,12-17H2,1-2H3. The summed E-state index contributed by atoms with van der Waals surface area (Å²) in [6.45, 7) is 4.94. The average Bonchev–Trinajstić information content (AvgIpc) is 2.82. The minimum absolute atomic E-state index is 0.0721. The van der Waals surface area contributed by atoms with Crippen molar-refractivity contribution >= 4 is 22.8 Å². The molecule has 7 nitrogen and oxygen atoms in total. The van der Waals surface area contributed by atoms with E-state index in [1.54, 1.807) is 11.7 Å². The van der Waals surface area contributed by atoms with Gasteiger partial charge in [-0.15, -0.1) is 0 Å². The molecular formula is C24H28N4O3. The molecule has 0 atom stereocenters. The number of aromatic nitrogens is 2. The minimum atomic E-state index is -0.0721. The van der Waals surface area contributed by atoms with E-state index >= 15 is 0 Å². The molecule has 1 aliphatic rings. The zero-order chi connectivity index (χ0) is 21.8. The molecule has 1 aliphatic heterocycles. The number of hydrogen-bond donors (Lipinski definition) is 0. The summed E-state index contributed by atoms with van der Waals surface area (Å²) >= 11 is 0. The van der Waals surface area contributed by atoms with Crippen LogP contribution < -0.4 is 15.2 Å². The first kappa shape index (κ1) is 20.9. The molecule has 0 spiro atoms. The molecule has 1 amide bonds. The zero-order valence-electron chi connectivity index (χ0n) is 18.1. The molecule has 0 radical (unpaired) electrons. The minimum Gasteiger partial charge on any atom is -0.496 e. The lowest BCUT2D eigenvalue weighted by Gasteiger charge is -2.35. The lowest BCUT2D eigenvalue weighted by Crippen LogP contribution is -2.50. The van der Waals surface area contributed by atoms with Crippen molar-refractivity contribution in [2.75, 3.05) is 38.2 Å². The summed E-state index contributed by atoms with van der Waals surface area (Å²) in [6.07, 6.45) is 1.09. The number of hydrogen-bond acceptors (Lipinski definition) is 5. The number of nitrogens with zero attached hydrogens (tertiary/aromatic N) is 4. The van der Waals surface area contributed by atoms with E-state index in [-0.39, 0.29) is 11.5 Å². The van der Waals surface area contributed by atoms with Crippen LogP contribution in [0, 0.1) is 0 Å². The Bertz CT molecular complexity index is 1130. The smallest absolute Gasteiger partial charge is 0.293 e. The van der Waals surface area contributed by atoms with Crippen LogP contribution in [0.1, 0.15) is 18.9 Å². The van der Waals surface area contributed by atoms with Gasteiger partial charge in [-0.3, -0.25) is 9.59 Å². The van der Waals surface area contributed by atoms with Crippen LogP contribution in [0.4, 0.5) is 5.82 Å². The summed E-state index contributed by atoms with van der Waals surface area (Å²) in [5.74, 6) is 1.42. The highest BCUT2D eigenvalue weighted by molar-refractivity contribution is 5.78. The first-order valence-electron chi connectivity index (χ1n) is 10.8. The maximum absolute atomic E-state index is 13.0. The van der Waals surface area contributed by atoms with Crippen LogP contribution in [0.15, 0.2) is 53.3 Å². The second kappa shape index (κ2) is 9.20. The normalized spacial score (nSPS) is 14.1. The fourth-order valence-corrected chi connectivity index (χ4v) is 4.18. The molecule has 31 heavy (non-hydrogen) atoms. The largest absolute Gasteiger partial charge is 0.496 e. The van der Waals surface area contributed by atoms with E-state index in [2.05, 4.69) is 4.98 Å². The molecule has 162 valence electrons. The van der Waals surface area contributed by atoms with Crippen LogP contribution in [-0.2, 0) is 17.8 Å². The number of amides is 1. The van der Waals surface area contributed by atoms with Gasteiger partial charge in [0, 0.05) is 39.1 Å². The van der Waals surface area contributed by atoms with Gasteiger partial charge in [-0.05, 0) is 37.1 Å². The van der Waals surface area contributed by atoms with E-state index < -0.39 is 0 Å². The highest BCUT2D eigenvalue weighted by Gasteiger charge is 2.24. The quantitative estimate of drug-likeness (QED) is 0.613. The van der Waals surface area contributed by atoms with Crippen LogP contribution in [0.2, 0.25) is 0 Å². The lowest BCUT2D eigenvalue weighted by atomic mass is 10.1. The van der Waals surface area contributed by atoms with E-state index in [4.69, 9.17) is 4.74 Å². The van der Waals surface area contributed by atoms with Gasteiger partial charge in [-0.25, -0.2) is 4.98 Å². The zero-order valence-corrected chi connectivity index (χ0v) is 18.1. The van der Waals surface area contributed by atoms with E-state index in [0.29, 0.717) is 51.4 Å². The number of ether oxygens (including phenoxy) is 1. The fraction of sp³-hybridized carbons (Fsp3) is 0.375. The van der Waals surface area contributed by atoms with E-state index in [0.717, 1.165) is 22.3 Å². The van der Waals surface area contributed by atoms with Gasteiger partial charge in [-0.1, -0.05) is 30.3 Å². The van der Waals surface area contributed by atoms with Crippen molar-refractivity contribution in [3.05, 3.63) is 64.4 Å². The Kier molecular flexibility index (Phi) is 6.21. The second-order valence-electron chi connectivity index (χ2n) is 7.65. The van der Waals surface area contributed by atoms with E-state index in [1.165, 1.54) is 0 Å². The molecule has 2 heterocycles. The summed E-state index contributed by atoms with van der Waals surface area (Å²) in [5, 5.41) is 0. The Labute approximate surface area is 181 Å². The number of rotatable bonds is 6. The number of piperazine rings is 1. The predicted octanol–water partition coefficient (Wildman–Crippen LogP) is 2.71. The second-order valence-corrected chi connectivity index (χ2v) is 7.65. The highest BCUT2D eigenvalue weighted by atomic mass is 16.5. The summed E-state index contributed by atoms with van der Waals surface area (Å²) in [6, 6.07) is 15.5. The molecule has 1 saturated heterocycles. The van der Waals surface area contributed by atoms with Gasteiger partial charge in [0.15, 0.2) is 5.82 Å². The summed E-state index contributed by atoms with van der Waals surface area (Å²) in [5.41, 5.74) is 2.63. The van der Waals surface area contributed by atoms with Gasteiger partial charge in [0.05, 0.1) is 18.1 Å². The number of carbonyl (C=O) groups is 1. The van der Waals surface area contributed by atoms with Crippen molar-refractivity contribution in [3.63, 3.8) is 0 Å². The summed E-state index contributed by atoms with van der Waals surface area (Å²) in [4.78, 5) is 34.3. The SMILES string of the molecule is CCn1c(=O)c(N2CCN(C(=O)CCc3ccccc3OC)CC2)nc2ccccc21. The van der Waals surface area contributed by atoms with Gasteiger partial charge in [0.2, 0.25) is 5.91 Å². The molecule has 1 aromatic heterocycles. The Morgan fingerprint density at radius 1 is 1.03 bits per heavy atom. The lowest BCUT2D eigenvalue weighted by molar-refractivity contribution is -0.131. The third-order valence-corrected chi connectivity index (χ3v) is 5.88. The molecule has 0 bridgehead atoms. The molecule has 2 aromatic carbocycles. The van der Waals surface area contributed by atoms with Crippen LogP contribution in [0.25, 0.3) is 11.0 Å². The number of para-hydroxylation sites is 3. The topological polar surface area (TPSA) is 67.7 Å². The fourth-order valence-electron chi connectivity index (χ4n) is 4.18. The molecule has 4 rings (SSSR count). The molecule has 7 heteroatoms. The van der Waals surface area contributed by atoms with Crippen molar-refractivity contribution in [1.29, 1.82) is 0 Å². The summed E-state index contributed by atoms with van der Waals surface area (Å²) in [7, 11) is 1.65. The maximum atomic E-state index is 13.0. The number of carbonyl (C=O) groups excluding carboxylic acids is 1. The molecule has 0 aliphatic carbocycles. The maximum Gasteiger partial charge on any atom is 0.293 e. The Morgan fingerprint density at radius 3 is 2.48 bits per heavy atom. The average molecular weight is 421 g/mol. The van der Waals surface area contributed by atoms with Crippen LogP contribution >= 0.6 is 0 Å². The third-order valence-electron chi connectivity index (χ3n) is 5.88. The first-order valence-corrected chi connectivity index (χ1v) is 10.8. The van der Waals surface area contributed by atoms with E-state index in [1.807, 2.05) is 65.3 Å².